The number of hydrogen-bond donors (Lipinski definition) is 1. The molecule has 0 bridgehead atoms. The van der Waals surface area contributed by atoms with Gasteiger partial charge in [-0.25, -0.2) is 0 Å². The average Bonchev–Trinajstić information content (AvgIpc) is 3.31. The van der Waals surface area contributed by atoms with Crippen LogP contribution in [0.5, 0.6) is 5.75 Å². The van der Waals surface area contributed by atoms with Crippen LogP contribution in [0.4, 0.5) is 0 Å². The van der Waals surface area contributed by atoms with E-state index in [9.17, 15) is 9.59 Å². The van der Waals surface area contributed by atoms with E-state index in [4.69, 9.17) is 4.74 Å². The molecule has 0 aliphatic rings. The van der Waals surface area contributed by atoms with Gasteiger partial charge in [-0.15, -0.1) is 11.3 Å². The highest BCUT2D eigenvalue weighted by atomic mass is 32.1. The molecule has 0 saturated heterocycles. The van der Waals surface area contributed by atoms with Crippen LogP contribution in [0, 0.1) is 0 Å². The number of hydrogen-bond acceptors (Lipinski definition) is 4. The van der Waals surface area contributed by atoms with Crippen LogP contribution in [0.15, 0.2) is 95.4 Å². The molecule has 7 heteroatoms. The largest absolute Gasteiger partial charge is 0.497 e. The zero-order valence-corrected chi connectivity index (χ0v) is 19.8. The van der Waals surface area contributed by atoms with Gasteiger partial charge in [0.15, 0.2) is 4.80 Å². The zero-order valence-electron chi connectivity index (χ0n) is 19.0. The van der Waals surface area contributed by atoms with Crippen molar-refractivity contribution in [3.05, 3.63) is 117 Å². The minimum Gasteiger partial charge on any atom is -0.497 e. The molecule has 1 N–H and O–H groups in total. The smallest absolute Gasteiger partial charge is 0.279 e. The van der Waals surface area contributed by atoms with Crippen LogP contribution < -0.4 is 14.9 Å². The van der Waals surface area contributed by atoms with E-state index < -0.39 is 0 Å². The molecule has 0 aliphatic heterocycles. The Morgan fingerprint density at radius 1 is 1.00 bits per heavy atom. The first-order valence-electron chi connectivity index (χ1n) is 10.9. The van der Waals surface area contributed by atoms with Crippen LogP contribution in [0.2, 0.25) is 0 Å². The van der Waals surface area contributed by atoms with Crippen molar-refractivity contribution in [2.24, 2.45) is 4.99 Å². The predicted octanol–water partition coefficient (Wildman–Crippen LogP) is 4.84. The third-order valence-corrected chi connectivity index (χ3v) is 6.18. The van der Waals surface area contributed by atoms with Crippen LogP contribution in [-0.4, -0.2) is 23.5 Å². The molecule has 0 spiro atoms. The van der Waals surface area contributed by atoms with Crippen molar-refractivity contribution in [1.82, 2.24) is 9.88 Å². The first-order valence-corrected chi connectivity index (χ1v) is 11.7. The molecule has 4 rings (SSSR count). The Kier molecular flexibility index (Phi) is 7.34. The summed E-state index contributed by atoms with van der Waals surface area (Å²) in [4.78, 5) is 30.2. The summed E-state index contributed by atoms with van der Waals surface area (Å²) in [7, 11) is 1.56. The van der Waals surface area contributed by atoms with Gasteiger partial charge in [-0.3, -0.25) is 9.59 Å². The Balaban J connectivity index is 1.44. The molecule has 1 atom stereocenters. The Morgan fingerprint density at radius 2 is 1.76 bits per heavy atom. The highest BCUT2D eigenvalue weighted by Crippen LogP contribution is 2.14. The molecule has 0 unspecified atom stereocenters. The Labute approximate surface area is 202 Å². The molecule has 0 saturated carbocycles. The van der Waals surface area contributed by atoms with E-state index in [0.717, 1.165) is 11.1 Å². The summed E-state index contributed by atoms with van der Waals surface area (Å²) >= 11 is 1.39. The van der Waals surface area contributed by atoms with E-state index in [1.165, 1.54) is 11.3 Å². The molecule has 1 aromatic heterocycles. The highest BCUT2D eigenvalue weighted by Gasteiger charge is 2.11. The lowest BCUT2D eigenvalue weighted by molar-refractivity contribution is 0.0938. The number of nitrogens with zero attached hydrogens (tertiary/aromatic N) is 2. The third-order valence-electron chi connectivity index (χ3n) is 5.39. The topological polar surface area (TPSA) is 72.7 Å². The number of ether oxygens (including phenoxy) is 1. The second-order valence-electron chi connectivity index (χ2n) is 7.77. The van der Waals surface area contributed by atoms with Crippen LogP contribution in [-0.2, 0) is 6.54 Å². The molecule has 172 valence electrons. The molecule has 4 aromatic rings. The van der Waals surface area contributed by atoms with Gasteiger partial charge in [0.2, 0.25) is 0 Å². The molecule has 1 heterocycles. The van der Waals surface area contributed by atoms with E-state index in [-0.39, 0.29) is 17.9 Å². The van der Waals surface area contributed by atoms with Gasteiger partial charge < -0.3 is 14.6 Å². The minimum absolute atomic E-state index is 0.0824. The van der Waals surface area contributed by atoms with Gasteiger partial charge in [0.05, 0.1) is 13.2 Å². The fraction of sp³-hybridized carbons (Fsp3) is 0.148. The van der Waals surface area contributed by atoms with Crippen LogP contribution >= 0.6 is 11.3 Å². The number of benzene rings is 3. The fourth-order valence-corrected chi connectivity index (χ4v) is 4.20. The zero-order chi connectivity index (χ0) is 23.9. The van der Waals surface area contributed by atoms with E-state index >= 15 is 0 Å². The molecule has 0 radical (unpaired) electrons. The Morgan fingerprint density at radius 3 is 2.50 bits per heavy atom. The summed E-state index contributed by atoms with van der Waals surface area (Å²) in [6.45, 7) is 2.50. The molecule has 3 aromatic carbocycles. The molecule has 6 nitrogen and oxygen atoms in total. The quantitative estimate of drug-likeness (QED) is 0.419. The number of aromatic nitrogens is 1. The van der Waals surface area contributed by atoms with Crippen LogP contribution in [0.1, 0.15) is 44.8 Å². The van der Waals surface area contributed by atoms with Crippen LogP contribution in [0.3, 0.4) is 0 Å². The van der Waals surface area contributed by atoms with Crippen molar-refractivity contribution in [2.75, 3.05) is 7.11 Å². The predicted molar refractivity (Wildman–Crippen MR) is 133 cm³/mol. The summed E-state index contributed by atoms with van der Waals surface area (Å²) < 4.78 is 7.10. The summed E-state index contributed by atoms with van der Waals surface area (Å²) in [6.07, 6.45) is 1.89. The number of carbonyl (C=O) groups excluding carboxylic acids is 2. The van der Waals surface area contributed by atoms with Gasteiger partial charge in [0.25, 0.3) is 11.8 Å². The monoisotopic (exact) mass is 471 g/mol. The normalized spacial score (nSPS) is 12.2. The number of carbonyl (C=O) groups is 2. The summed E-state index contributed by atoms with van der Waals surface area (Å²) in [5, 5.41) is 4.92. The maximum atomic E-state index is 12.6. The van der Waals surface area contributed by atoms with Crippen molar-refractivity contribution >= 4 is 23.2 Å². The minimum atomic E-state index is -0.324. The first kappa shape index (κ1) is 23.2. The molecule has 0 aliphatic carbocycles. The summed E-state index contributed by atoms with van der Waals surface area (Å²) in [5.74, 6) is 0.169. The third kappa shape index (κ3) is 5.68. The van der Waals surface area contributed by atoms with Gasteiger partial charge in [0.1, 0.15) is 5.75 Å². The number of nitrogens with one attached hydrogen (secondary N) is 1. The lowest BCUT2D eigenvalue weighted by Gasteiger charge is -2.14. The molecule has 34 heavy (non-hydrogen) atoms. The second kappa shape index (κ2) is 10.8. The average molecular weight is 472 g/mol. The lowest BCUT2D eigenvalue weighted by Crippen LogP contribution is -2.26. The molecule has 2 amide bonds. The van der Waals surface area contributed by atoms with Gasteiger partial charge in [-0.1, -0.05) is 48.5 Å². The van der Waals surface area contributed by atoms with Crippen molar-refractivity contribution in [2.45, 2.75) is 19.5 Å². The summed E-state index contributed by atoms with van der Waals surface area (Å²) in [5.41, 5.74) is 3.13. The molecular formula is C27H25N3O3S. The van der Waals surface area contributed by atoms with Gasteiger partial charge >= 0.3 is 0 Å². The van der Waals surface area contributed by atoms with Gasteiger partial charge in [-0.2, -0.15) is 4.99 Å². The maximum Gasteiger partial charge on any atom is 0.279 e. The SMILES string of the molecule is COc1cccc(C(=O)N=c2sccn2Cc2ccc(C(=O)N[C@@H](C)c3ccccc3)cc2)c1. The van der Waals surface area contributed by atoms with Crippen molar-refractivity contribution < 1.29 is 14.3 Å². The van der Waals surface area contributed by atoms with Crippen molar-refractivity contribution in [1.29, 1.82) is 0 Å². The van der Waals surface area contributed by atoms with Crippen LogP contribution in [0.25, 0.3) is 0 Å². The summed E-state index contributed by atoms with van der Waals surface area (Å²) in [6, 6.07) is 24.2. The van der Waals surface area contributed by atoms with E-state index in [0.29, 0.717) is 28.2 Å². The van der Waals surface area contributed by atoms with E-state index in [1.54, 1.807) is 31.4 Å². The number of amides is 2. The Hall–Kier alpha value is -3.97. The highest BCUT2D eigenvalue weighted by molar-refractivity contribution is 7.07. The number of thiazole rings is 1. The van der Waals surface area contributed by atoms with Gasteiger partial charge in [-0.05, 0) is 48.4 Å². The fourth-order valence-electron chi connectivity index (χ4n) is 3.48. The lowest BCUT2D eigenvalue weighted by atomic mass is 10.1. The van der Waals surface area contributed by atoms with E-state index in [1.807, 2.05) is 77.7 Å². The van der Waals surface area contributed by atoms with Gasteiger partial charge in [0, 0.05) is 29.2 Å². The number of rotatable bonds is 7. The second-order valence-corrected chi connectivity index (χ2v) is 8.64. The van der Waals surface area contributed by atoms with E-state index in [2.05, 4.69) is 10.3 Å². The van der Waals surface area contributed by atoms with Crippen molar-refractivity contribution in [3.8, 4) is 5.75 Å². The Bertz CT molecular complexity index is 1340. The first-order chi connectivity index (χ1) is 16.5. The molecule has 0 fully saturated rings. The van der Waals surface area contributed by atoms with Crippen molar-refractivity contribution in [3.63, 3.8) is 0 Å². The maximum absolute atomic E-state index is 12.6. The molecular weight excluding hydrogens is 446 g/mol. The number of methoxy groups -OCH3 is 1. The standard InChI is InChI=1S/C27H25N3O3S/c1-19(21-7-4-3-5-8-21)28-25(31)22-13-11-20(12-14-22)18-30-15-16-34-27(30)29-26(32)23-9-6-10-24(17-23)33-2/h3-17,19H,18H2,1-2H3,(H,28,31)/t19-/m0/s1.